The Kier molecular flexibility index (Phi) is 5.99. The van der Waals surface area contributed by atoms with E-state index in [0.29, 0.717) is 16.9 Å². The number of anilines is 2. The zero-order valence-corrected chi connectivity index (χ0v) is 18.5. The predicted octanol–water partition coefficient (Wildman–Crippen LogP) is 2.56. The second kappa shape index (κ2) is 8.87. The number of ether oxygens (including phenoxy) is 1. The molecule has 0 aliphatic carbocycles. The van der Waals surface area contributed by atoms with Gasteiger partial charge >= 0.3 is 5.97 Å². The number of hydrogen-bond donors (Lipinski definition) is 1. The SMILES string of the molecule is CCOC(=O)c1ccc(NC(=O)CN2N=N[C@H]3C(=O)N(c4ccc(Br)cc4)C(=O)[C@@H]32)cc1. The Hall–Kier alpha value is -3.60. The Balaban J connectivity index is 1.41. The van der Waals surface area contributed by atoms with Crippen LogP contribution >= 0.6 is 15.9 Å². The molecule has 4 rings (SSSR count). The first-order valence-electron chi connectivity index (χ1n) is 9.77. The van der Waals surface area contributed by atoms with E-state index in [1.165, 1.54) is 17.1 Å². The van der Waals surface area contributed by atoms with Crippen LogP contribution in [0.2, 0.25) is 0 Å². The van der Waals surface area contributed by atoms with Gasteiger partial charge in [0.15, 0.2) is 12.1 Å². The van der Waals surface area contributed by atoms with Gasteiger partial charge in [-0.25, -0.2) is 9.69 Å². The molecule has 1 N–H and O–H groups in total. The molecule has 2 aromatic carbocycles. The molecular formula is C21H18BrN5O5. The summed E-state index contributed by atoms with van der Waals surface area (Å²) in [7, 11) is 0. The van der Waals surface area contributed by atoms with Crippen LogP contribution in [-0.2, 0) is 19.1 Å². The lowest BCUT2D eigenvalue weighted by Gasteiger charge is -2.20. The highest BCUT2D eigenvalue weighted by Gasteiger charge is 2.55. The van der Waals surface area contributed by atoms with Gasteiger partial charge in [-0.3, -0.25) is 19.4 Å². The zero-order valence-electron chi connectivity index (χ0n) is 16.9. The summed E-state index contributed by atoms with van der Waals surface area (Å²) < 4.78 is 5.74. The predicted molar refractivity (Wildman–Crippen MR) is 117 cm³/mol. The Morgan fingerprint density at radius 3 is 2.41 bits per heavy atom. The first-order valence-corrected chi connectivity index (χ1v) is 10.6. The van der Waals surface area contributed by atoms with Crippen molar-refractivity contribution in [3.05, 3.63) is 58.6 Å². The van der Waals surface area contributed by atoms with Crippen LogP contribution in [0.25, 0.3) is 0 Å². The molecule has 0 spiro atoms. The minimum Gasteiger partial charge on any atom is -0.462 e. The van der Waals surface area contributed by atoms with Crippen LogP contribution in [0.4, 0.5) is 11.4 Å². The lowest BCUT2D eigenvalue weighted by atomic mass is 10.1. The number of carbonyl (C=O) groups is 4. The number of nitrogens with zero attached hydrogens (tertiary/aromatic N) is 4. The molecule has 2 atom stereocenters. The molecule has 1 saturated heterocycles. The highest BCUT2D eigenvalue weighted by atomic mass is 79.9. The van der Waals surface area contributed by atoms with Gasteiger partial charge in [0.1, 0.15) is 6.54 Å². The number of rotatable bonds is 6. The van der Waals surface area contributed by atoms with Gasteiger partial charge in [-0.05, 0) is 55.5 Å². The van der Waals surface area contributed by atoms with Crippen molar-refractivity contribution in [3.63, 3.8) is 0 Å². The second-order valence-electron chi connectivity index (χ2n) is 7.03. The van der Waals surface area contributed by atoms with Gasteiger partial charge in [-0.15, -0.1) is 0 Å². The van der Waals surface area contributed by atoms with E-state index < -0.39 is 35.8 Å². The normalized spacial score (nSPS) is 19.3. The maximum atomic E-state index is 12.9. The lowest BCUT2D eigenvalue weighted by molar-refractivity contribution is -0.123. The van der Waals surface area contributed by atoms with E-state index in [4.69, 9.17) is 4.74 Å². The number of imide groups is 1. The fourth-order valence-corrected chi connectivity index (χ4v) is 3.71. The summed E-state index contributed by atoms with van der Waals surface area (Å²) in [6.07, 6.45) is 0. The summed E-state index contributed by atoms with van der Waals surface area (Å²) in [4.78, 5) is 50.9. The number of halogens is 1. The Morgan fingerprint density at radius 2 is 1.75 bits per heavy atom. The van der Waals surface area contributed by atoms with Gasteiger partial charge in [-0.2, -0.15) is 5.11 Å². The van der Waals surface area contributed by atoms with Gasteiger partial charge < -0.3 is 10.1 Å². The number of benzene rings is 2. The maximum absolute atomic E-state index is 12.9. The van der Waals surface area contributed by atoms with Crippen molar-refractivity contribution in [1.29, 1.82) is 0 Å². The van der Waals surface area contributed by atoms with Crippen LogP contribution < -0.4 is 10.2 Å². The number of nitrogens with one attached hydrogen (secondary N) is 1. The minimum atomic E-state index is -0.984. The van der Waals surface area contributed by atoms with E-state index >= 15 is 0 Å². The molecule has 10 nitrogen and oxygen atoms in total. The van der Waals surface area contributed by atoms with Gasteiger partial charge in [0.05, 0.1) is 17.9 Å². The van der Waals surface area contributed by atoms with E-state index in [1.807, 2.05) is 0 Å². The van der Waals surface area contributed by atoms with E-state index in [9.17, 15) is 19.2 Å². The molecule has 2 aliphatic rings. The molecule has 0 bridgehead atoms. The molecule has 0 radical (unpaired) electrons. The van der Waals surface area contributed by atoms with E-state index in [1.54, 1.807) is 43.3 Å². The van der Waals surface area contributed by atoms with Crippen molar-refractivity contribution in [2.24, 2.45) is 10.3 Å². The molecule has 1 fully saturated rings. The molecule has 11 heteroatoms. The smallest absolute Gasteiger partial charge is 0.338 e. The third-order valence-corrected chi connectivity index (χ3v) is 5.46. The Morgan fingerprint density at radius 1 is 1.06 bits per heavy atom. The molecule has 0 saturated carbocycles. The molecule has 2 aromatic rings. The number of carbonyl (C=O) groups excluding carboxylic acids is 4. The third-order valence-electron chi connectivity index (χ3n) is 4.93. The fraction of sp³-hybridized carbons (Fsp3) is 0.238. The van der Waals surface area contributed by atoms with Crippen LogP contribution in [0.15, 0.2) is 63.3 Å². The number of fused-ring (bicyclic) bond motifs is 1. The van der Waals surface area contributed by atoms with E-state index in [0.717, 1.165) is 9.37 Å². The number of hydrogen-bond acceptors (Lipinski definition) is 8. The summed E-state index contributed by atoms with van der Waals surface area (Å²) in [6, 6.07) is 11.0. The van der Waals surface area contributed by atoms with E-state index in [-0.39, 0.29) is 13.2 Å². The molecule has 0 aromatic heterocycles. The first kappa shape index (κ1) is 21.6. The summed E-state index contributed by atoms with van der Waals surface area (Å²) in [6.45, 7) is 1.72. The lowest BCUT2D eigenvalue weighted by Crippen LogP contribution is -2.43. The molecule has 0 unspecified atom stereocenters. The van der Waals surface area contributed by atoms with Crippen LogP contribution in [0, 0.1) is 0 Å². The van der Waals surface area contributed by atoms with Crippen molar-refractivity contribution >= 4 is 51.0 Å². The highest BCUT2D eigenvalue weighted by Crippen LogP contribution is 2.32. The topological polar surface area (TPSA) is 121 Å². The molecule has 2 heterocycles. The first-order chi connectivity index (χ1) is 15.4. The summed E-state index contributed by atoms with van der Waals surface area (Å²) in [5.74, 6) is -1.87. The Bertz CT molecular complexity index is 1100. The fourth-order valence-electron chi connectivity index (χ4n) is 3.45. The summed E-state index contributed by atoms with van der Waals surface area (Å²) in [5, 5.41) is 11.7. The zero-order chi connectivity index (χ0) is 22.8. The standard InChI is InChI=1S/C21H18BrN5O5/c1-2-32-21(31)12-3-7-14(8-4-12)23-16(28)11-26-18-17(24-25-26)19(29)27(20(18)30)15-9-5-13(22)6-10-15/h3-10,17-18H,2,11H2,1H3,(H,23,28)/t17-,18-/m1/s1. The molecule has 164 valence electrons. The van der Waals surface area contributed by atoms with Crippen molar-refractivity contribution in [3.8, 4) is 0 Å². The second-order valence-corrected chi connectivity index (χ2v) is 7.94. The molecular weight excluding hydrogens is 482 g/mol. The van der Waals surface area contributed by atoms with Crippen LogP contribution in [-0.4, -0.2) is 53.9 Å². The van der Waals surface area contributed by atoms with Crippen molar-refractivity contribution in [1.82, 2.24) is 5.01 Å². The average molecular weight is 500 g/mol. The highest BCUT2D eigenvalue weighted by molar-refractivity contribution is 9.10. The number of esters is 1. The van der Waals surface area contributed by atoms with Crippen molar-refractivity contribution in [2.75, 3.05) is 23.4 Å². The van der Waals surface area contributed by atoms with Crippen molar-refractivity contribution in [2.45, 2.75) is 19.0 Å². The molecule has 3 amide bonds. The van der Waals surface area contributed by atoms with Gasteiger partial charge in [0, 0.05) is 10.2 Å². The molecule has 32 heavy (non-hydrogen) atoms. The van der Waals surface area contributed by atoms with Crippen LogP contribution in [0.3, 0.4) is 0 Å². The average Bonchev–Trinajstić information content (AvgIpc) is 3.29. The van der Waals surface area contributed by atoms with Crippen LogP contribution in [0.5, 0.6) is 0 Å². The van der Waals surface area contributed by atoms with Gasteiger partial charge in [0.2, 0.25) is 5.91 Å². The third kappa shape index (κ3) is 4.11. The van der Waals surface area contributed by atoms with Crippen molar-refractivity contribution < 1.29 is 23.9 Å². The number of amides is 3. The van der Waals surface area contributed by atoms with Gasteiger partial charge in [0.25, 0.3) is 11.8 Å². The minimum absolute atomic E-state index is 0.266. The largest absolute Gasteiger partial charge is 0.462 e. The van der Waals surface area contributed by atoms with E-state index in [2.05, 4.69) is 31.6 Å². The van der Waals surface area contributed by atoms with Gasteiger partial charge in [-0.1, -0.05) is 21.2 Å². The summed E-state index contributed by atoms with van der Waals surface area (Å²) in [5.41, 5.74) is 1.25. The quantitative estimate of drug-likeness (QED) is 0.481. The maximum Gasteiger partial charge on any atom is 0.338 e. The Labute approximate surface area is 191 Å². The monoisotopic (exact) mass is 499 g/mol. The van der Waals surface area contributed by atoms with Crippen LogP contribution in [0.1, 0.15) is 17.3 Å². The molecule has 2 aliphatic heterocycles. The summed E-state index contributed by atoms with van der Waals surface area (Å²) >= 11 is 3.32.